The number of nitrogens with two attached hydrogens (primary N) is 2. The molecule has 2 saturated heterocycles. The molecule has 4 aromatic rings. The fourth-order valence-corrected chi connectivity index (χ4v) is 5.77. The fourth-order valence-electron chi connectivity index (χ4n) is 5.77. The van der Waals surface area contributed by atoms with Crippen LogP contribution in [0.5, 0.6) is 0 Å². The highest BCUT2D eigenvalue weighted by molar-refractivity contribution is 5.71. The summed E-state index contributed by atoms with van der Waals surface area (Å²) in [6.07, 6.45) is -24.4. The van der Waals surface area contributed by atoms with E-state index in [9.17, 15) is 56.4 Å². The number of aromatic nitrogens is 8. The Labute approximate surface area is 265 Å². The van der Waals surface area contributed by atoms with Crippen LogP contribution in [0.1, 0.15) is 12.5 Å². The molecule has 0 saturated carbocycles. The number of aromatic amines is 2. The van der Waals surface area contributed by atoms with Crippen molar-refractivity contribution in [3.05, 3.63) is 33.4 Å². The number of imidazole rings is 2. The average Bonchev–Trinajstić information content (AvgIpc) is 3.75. The molecule has 26 heteroatoms. The number of hydrogen-bond acceptors (Lipinski definition) is 16. The Hall–Kier alpha value is -4.44. The number of nitrogens with zero attached hydrogens (tertiary/aromatic N) is 6. The van der Waals surface area contributed by atoms with Crippen LogP contribution in [0.2, 0.25) is 0 Å². The van der Waals surface area contributed by atoms with Crippen LogP contribution in [-0.2, 0) is 9.47 Å². The number of rotatable bonds is 8. The van der Waals surface area contributed by atoms with Gasteiger partial charge in [0.05, 0.1) is 25.3 Å². The average molecular weight is 713 g/mol. The van der Waals surface area contributed by atoms with Gasteiger partial charge >= 0.3 is 12.4 Å². The summed E-state index contributed by atoms with van der Waals surface area (Å²) in [6, 6.07) is -2.32. The summed E-state index contributed by atoms with van der Waals surface area (Å²) >= 11 is 0. The number of aliphatic hydroxyl groups excluding tert-OH is 4. The molecular formula is C23H26F6N12O8. The van der Waals surface area contributed by atoms with Gasteiger partial charge in [0.1, 0.15) is 30.5 Å². The van der Waals surface area contributed by atoms with Crippen molar-refractivity contribution in [2.24, 2.45) is 0 Å². The van der Waals surface area contributed by atoms with E-state index < -0.39 is 103 Å². The van der Waals surface area contributed by atoms with E-state index in [1.807, 2.05) is 0 Å². The summed E-state index contributed by atoms with van der Waals surface area (Å²) in [4.78, 5) is 43.8. The number of anilines is 2. The number of aliphatic hydroxyl groups is 4. The lowest BCUT2D eigenvalue weighted by atomic mass is 10.0. The van der Waals surface area contributed by atoms with Gasteiger partial charge in [-0.05, 0) is 0 Å². The van der Waals surface area contributed by atoms with E-state index in [1.165, 1.54) is 10.6 Å². The second-order valence-corrected chi connectivity index (χ2v) is 11.1. The van der Waals surface area contributed by atoms with E-state index in [0.29, 0.717) is 0 Å². The summed E-state index contributed by atoms with van der Waals surface area (Å²) in [6.45, 7) is -2.63. The molecule has 0 unspecified atom stereocenters. The van der Waals surface area contributed by atoms with Crippen molar-refractivity contribution in [1.29, 1.82) is 0 Å². The molecule has 0 aliphatic carbocycles. The van der Waals surface area contributed by atoms with Gasteiger partial charge in [0.25, 0.3) is 16.8 Å². The summed E-state index contributed by atoms with van der Waals surface area (Å²) in [7, 11) is 0. The van der Waals surface area contributed by atoms with Crippen molar-refractivity contribution in [3.8, 4) is 0 Å². The van der Waals surface area contributed by atoms with Crippen molar-refractivity contribution in [2.45, 2.75) is 67.0 Å². The largest absolute Gasteiger partial charge is 0.429 e. The molecular weight excluding hydrogens is 686 g/mol. The van der Waals surface area contributed by atoms with Gasteiger partial charge < -0.3 is 41.4 Å². The van der Waals surface area contributed by atoms with Gasteiger partial charge in [-0.3, -0.25) is 39.3 Å². The predicted molar refractivity (Wildman–Crippen MR) is 148 cm³/mol. The van der Waals surface area contributed by atoms with Gasteiger partial charge in [-0.15, -0.1) is 0 Å². The molecule has 2 fully saturated rings. The van der Waals surface area contributed by atoms with Gasteiger partial charge in [-0.2, -0.15) is 36.3 Å². The number of ether oxygens (including phenoxy) is 2. The summed E-state index contributed by atoms with van der Waals surface area (Å²) in [5.74, 6) is -0.829. The van der Waals surface area contributed by atoms with Gasteiger partial charge in [-0.1, -0.05) is 0 Å². The highest BCUT2D eigenvalue weighted by atomic mass is 19.4. The van der Waals surface area contributed by atoms with E-state index in [2.05, 4.69) is 29.9 Å². The highest BCUT2D eigenvalue weighted by Gasteiger charge is 2.73. The Balaban J connectivity index is 1.29. The molecule has 20 nitrogen and oxygen atoms in total. The third-order valence-corrected chi connectivity index (χ3v) is 8.14. The summed E-state index contributed by atoms with van der Waals surface area (Å²) in [5.41, 5.74) is 3.06. The van der Waals surface area contributed by atoms with Crippen LogP contribution in [0.4, 0.5) is 38.2 Å². The lowest BCUT2D eigenvalue weighted by Crippen LogP contribution is -2.78. The van der Waals surface area contributed by atoms with E-state index >= 15 is 0 Å². The number of H-pyrrole nitrogens is 2. The number of halogens is 6. The predicted octanol–water partition coefficient (Wildman–Crippen LogP) is -3.34. The maximum absolute atomic E-state index is 14.6. The number of hydrogen-bond donors (Lipinski definition) is 10. The molecule has 6 rings (SSSR count). The highest BCUT2D eigenvalue weighted by Crippen LogP contribution is 2.44. The van der Waals surface area contributed by atoms with Crippen LogP contribution in [0.15, 0.2) is 22.2 Å². The SMILES string of the molecule is Nc1nc2c(ncn2[C@@H]2O[C@H](CNC(N[C@H]3[C@@H](O)[C@H](n4cnc5c(=O)[nH]c(N)nc54)O[C@@H]3CO)(C(F)(F)F)C(F)(F)F)[C@H](O)[C@H]2O)c(=O)[nH]1. The van der Waals surface area contributed by atoms with Crippen LogP contribution in [0, 0.1) is 0 Å². The Morgan fingerprint density at radius 2 is 1.27 bits per heavy atom. The summed E-state index contributed by atoms with van der Waals surface area (Å²) < 4.78 is 100. The second-order valence-electron chi connectivity index (χ2n) is 11.1. The molecule has 268 valence electrons. The first-order valence-electron chi connectivity index (χ1n) is 13.9. The van der Waals surface area contributed by atoms with Crippen molar-refractivity contribution >= 4 is 34.2 Å². The minimum Gasteiger partial charge on any atom is -0.394 e. The maximum atomic E-state index is 14.6. The molecule has 6 heterocycles. The quantitative estimate of drug-likeness (QED) is 0.0631. The van der Waals surface area contributed by atoms with Gasteiger partial charge in [-0.25, -0.2) is 9.97 Å². The van der Waals surface area contributed by atoms with E-state index in [1.54, 1.807) is 0 Å². The molecule has 8 atom stereocenters. The van der Waals surface area contributed by atoms with E-state index in [4.69, 9.17) is 20.9 Å². The zero-order valence-electron chi connectivity index (χ0n) is 24.2. The second kappa shape index (κ2) is 11.9. The molecule has 0 amide bonds. The standard InChI is InChI=1S/C23H26F6N12O8/c24-22(25,26)21(23(27,28)29,34-1-5-10(43)12(45)18(48-5)41-4-33-9-14(41)36-20(31)38-16(9)47)39-7-6(2-42)49-17(11(7)44)40-3-32-8-13(40)35-19(30)37-15(8)46/h3-7,10-12,17-18,34,39,42-45H,1-2H2,(H3,30,35,37,46)(H3,31,36,38,47)/t5-,6-,7-,10+,11-,12-,17-,18-/m1/s1. The lowest BCUT2D eigenvalue weighted by molar-refractivity contribution is -0.322. The first-order valence-corrected chi connectivity index (χ1v) is 13.9. The number of alkyl halides is 6. The fraction of sp³-hybridized carbons (Fsp3) is 0.565. The third kappa shape index (κ3) is 5.54. The lowest BCUT2D eigenvalue weighted by Gasteiger charge is -2.42. The van der Waals surface area contributed by atoms with Crippen molar-refractivity contribution in [1.82, 2.24) is 49.7 Å². The Morgan fingerprint density at radius 1 is 0.796 bits per heavy atom. The first kappa shape index (κ1) is 34.4. The van der Waals surface area contributed by atoms with Crippen LogP contribution < -0.4 is 33.2 Å². The Kier molecular flexibility index (Phi) is 8.33. The van der Waals surface area contributed by atoms with Crippen LogP contribution in [-0.4, -0.2) is 127 Å². The first-order chi connectivity index (χ1) is 22.9. The van der Waals surface area contributed by atoms with Gasteiger partial charge in [0.15, 0.2) is 34.8 Å². The maximum Gasteiger partial charge on any atom is 0.429 e. The summed E-state index contributed by atoms with van der Waals surface area (Å²) in [5, 5.41) is 44.8. The zero-order valence-corrected chi connectivity index (χ0v) is 24.2. The molecule has 0 bridgehead atoms. The molecule has 2 aliphatic heterocycles. The smallest absolute Gasteiger partial charge is 0.394 e. The van der Waals surface area contributed by atoms with Gasteiger partial charge in [0.2, 0.25) is 11.9 Å². The van der Waals surface area contributed by atoms with E-state index in [-0.39, 0.29) is 22.3 Å². The van der Waals surface area contributed by atoms with Crippen LogP contribution >= 0.6 is 0 Å². The molecule has 4 aromatic heterocycles. The molecule has 12 N–H and O–H groups in total. The minimum absolute atomic E-state index is 0.277. The molecule has 49 heavy (non-hydrogen) atoms. The minimum atomic E-state index is -6.24. The molecule has 0 spiro atoms. The third-order valence-electron chi connectivity index (χ3n) is 8.14. The molecule has 0 aromatic carbocycles. The number of nitrogens with one attached hydrogen (secondary N) is 4. The Morgan fingerprint density at radius 3 is 1.73 bits per heavy atom. The number of nitrogen functional groups attached to an aromatic ring is 2. The van der Waals surface area contributed by atoms with Crippen LogP contribution in [0.25, 0.3) is 22.3 Å². The molecule has 2 aliphatic rings. The normalized spacial score (nSPS) is 28.3. The zero-order chi connectivity index (χ0) is 35.8. The molecule has 0 radical (unpaired) electrons. The van der Waals surface area contributed by atoms with Crippen molar-refractivity contribution < 1.29 is 56.2 Å². The number of fused-ring (bicyclic) bond motifs is 2. The topological polar surface area (TPSA) is 303 Å². The Bertz CT molecular complexity index is 1970. The van der Waals surface area contributed by atoms with Gasteiger partial charge in [0, 0.05) is 6.54 Å². The van der Waals surface area contributed by atoms with Crippen molar-refractivity contribution in [3.63, 3.8) is 0 Å². The van der Waals surface area contributed by atoms with Crippen LogP contribution in [0.3, 0.4) is 0 Å². The van der Waals surface area contributed by atoms with Crippen molar-refractivity contribution in [2.75, 3.05) is 24.6 Å². The van der Waals surface area contributed by atoms with E-state index in [0.717, 1.165) is 21.8 Å². The monoisotopic (exact) mass is 712 g/mol.